The Bertz CT molecular complexity index is 866. The third-order valence-electron chi connectivity index (χ3n) is 3.38. The van der Waals surface area contributed by atoms with Crippen LogP contribution < -0.4 is 0 Å². The predicted octanol–water partition coefficient (Wildman–Crippen LogP) is 4.42. The fourth-order valence-corrected chi connectivity index (χ4v) is 2.97. The molecule has 0 saturated carbocycles. The van der Waals surface area contributed by atoms with Crippen LogP contribution >= 0.6 is 11.3 Å². The van der Waals surface area contributed by atoms with Gasteiger partial charge in [-0.1, -0.05) is 24.3 Å². The van der Waals surface area contributed by atoms with Crippen molar-refractivity contribution in [2.45, 2.75) is 12.8 Å². The molecular formula is C18H14N2O2S. The highest BCUT2D eigenvalue weighted by Crippen LogP contribution is 2.28. The lowest BCUT2D eigenvalue weighted by atomic mass is 10.1. The topological polar surface area (TPSA) is 63.0 Å². The van der Waals surface area contributed by atoms with Crippen LogP contribution in [0.3, 0.4) is 0 Å². The minimum absolute atomic E-state index is 0.247. The van der Waals surface area contributed by atoms with E-state index in [1.54, 1.807) is 17.4 Å². The molecule has 4 nitrogen and oxygen atoms in total. The highest BCUT2D eigenvalue weighted by molar-refractivity contribution is 7.13. The van der Waals surface area contributed by atoms with E-state index in [-0.39, 0.29) is 12.6 Å². The summed E-state index contributed by atoms with van der Waals surface area (Å²) in [4.78, 5) is 18.1. The van der Waals surface area contributed by atoms with E-state index in [1.807, 2.05) is 47.8 Å². The molecule has 0 aliphatic rings. The minimum atomic E-state index is -0.376. The number of nitriles is 1. The van der Waals surface area contributed by atoms with Crippen molar-refractivity contribution in [3.05, 3.63) is 53.4 Å². The second kappa shape index (κ2) is 7.03. The maximum absolute atomic E-state index is 12.4. The van der Waals surface area contributed by atoms with Crippen LogP contribution in [0.2, 0.25) is 0 Å². The number of esters is 1. The second-order valence-corrected chi connectivity index (χ2v) is 5.89. The number of hydrogen-bond acceptors (Lipinski definition) is 5. The van der Waals surface area contributed by atoms with E-state index in [9.17, 15) is 4.79 Å². The Balaban J connectivity index is 1.97. The van der Waals surface area contributed by atoms with E-state index in [1.165, 1.54) is 0 Å². The molecule has 23 heavy (non-hydrogen) atoms. The number of fused-ring (bicyclic) bond motifs is 1. The van der Waals surface area contributed by atoms with Crippen LogP contribution in [0.25, 0.3) is 21.5 Å². The molecule has 2 heterocycles. The first-order valence-corrected chi connectivity index (χ1v) is 8.15. The van der Waals surface area contributed by atoms with Gasteiger partial charge < -0.3 is 4.74 Å². The number of ether oxygens (including phenoxy) is 1. The molecule has 0 atom stereocenters. The maximum atomic E-state index is 12.4. The zero-order chi connectivity index (χ0) is 16.1. The number of hydrogen-bond donors (Lipinski definition) is 0. The van der Waals surface area contributed by atoms with E-state index in [0.29, 0.717) is 18.4 Å². The SMILES string of the molecule is N#CCCCOC(=O)c1cc(-c2cccs2)nc2ccccc12. The van der Waals surface area contributed by atoms with E-state index in [4.69, 9.17) is 10.00 Å². The quantitative estimate of drug-likeness (QED) is 0.515. The van der Waals surface area contributed by atoms with Crippen LogP contribution in [0.5, 0.6) is 0 Å². The summed E-state index contributed by atoms with van der Waals surface area (Å²) in [5, 5.41) is 11.3. The number of unbranched alkanes of at least 4 members (excludes halogenated alkanes) is 1. The van der Waals surface area contributed by atoms with Crippen molar-refractivity contribution in [2.24, 2.45) is 0 Å². The molecule has 2 aromatic heterocycles. The van der Waals surface area contributed by atoms with Crippen LogP contribution in [0.4, 0.5) is 0 Å². The fraction of sp³-hybridized carbons (Fsp3) is 0.167. The molecule has 114 valence electrons. The lowest BCUT2D eigenvalue weighted by molar-refractivity contribution is 0.0504. The van der Waals surface area contributed by atoms with Gasteiger partial charge in [0, 0.05) is 11.8 Å². The summed E-state index contributed by atoms with van der Waals surface area (Å²) in [6.07, 6.45) is 0.924. The molecule has 0 unspecified atom stereocenters. The molecule has 1 aromatic carbocycles. The first-order valence-electron chi connectivity index (χ1n) is 7.27. The molecule has 0 fully saturated rings. The first kappa shape index (κ1) is 15.2. The number of para-hydroxylation sites is 1. The summed E-state index contributed by atoms with van der Waals surface area (Å²) in [7, 11) is 0. The molecule has 3 aromatic rings. The highest BCUT2D eigenvalue weighted by atomic mass is 32.1. The van der Waals surface area contributed by atoms with E-state index in [0.717, 1.165) is 21.5 Å². The Hall–Kier alpha value is -2.71. The zero-order valence-electron chi connectivity index (χ0n) is 12.4. The summed E-state index contributed by atoms with van der Waals surface area (Å²) in [6, 6.07) is 15.3. The number of thiophene rings is 1. The number of carbonyl (C=O) groups excluding carboxylic acids is 1. The predicted molar refractivity (Wildman–Crippen MR) is 90.2 cm³/mol. The Kier molecular flexibility index (Phi) is 4.65. The molecule has 0 bridgehead atoms. The monoisotopic (exact) mass is 322 g/mol. The van der Waals surface area contributed by atoms with Gasteiger partial charge in [-0.2, -0.15) is 5.26 Å². The molecule has 0 amide bonds. The smallest absolute Gasteiger partial charge is 0.338 e. The van der Waals surface area contributed by atoms with Gasteiger partial charge in [-0.3, -0.25) is 0 Å². The second-order valence-electron chi connectivity index (χ2n) is 4.95. The number of pyridine rings is 1. The van der Waals surface area contributed by atoms with Crippen LogP contribution in [-0.2, 0) is 4.74 Å². The van der Waals surface area contributed by atoms with Gasteiger partial charge in [-0.25, -0.2) is 9.78 Å². The number of nitrogens with zero attached hydrogens (tertiary/aromatic N) is 2. The normalized spacial score (nSPS) is 10.4. The van der Waals surface area contributed by atoms with Gasteiger partial charge in [0.2, 0.25) is 0 Å². The third kappa shape index (κ3) is 3.38. The van der Waals surface area contributed by atoms with E-state index in [2.05, 4.69) is 4.98 Å². The number of carbonyl (C=O) groups is 1. The van der Waals surface area contributed by atoms with Crippen LogP contribution in [0.1, 0.15) is 23.2 Å². The molecule has 0 aliphatic heterocycles. The van der Waals surface area contributed by atoms with E-state index >= 15 is 0 Å². The summed E-state index contributed by atoms with van der Waals surface area (Å²) in [5.41, 5.74) is 2.04. The summed E-state index contributed by atoms with van der Waals surface area (Å²) in [6.45, 7) is 0.247. The van der Waals surface area contributed by atoms with Crippen molar-refractivity contribution < 1.29 is 9.53 Å². The Morgan fingerprint density at radius 1 is 1.26 bits per heavy atom. The summed E-state index contributed by atoms with van der Waals surface area (Å²) in [5.74, 6) is -0.376. The first-order chi connectivity index (χ1) is 11.3. The molecule has 0 saturated heterocycles. The lowest BCUT2D eigenvalue weighted by Gasteiger charge is -2.09. The average Bonchev–Trinajstić information content (AvgIpc) is 3.12. The van der Waals surface area contributed by atoms with Gasteiger partial charge >= 0.3 is 5.97 Å². The highest BCUT2D eigenvalue weighted by Gasteiger charge is 2.15. The molecule has 0 spiro atoms. The molecule has 3 rings (SSSR count). The van der Waals surface area contributed by atoms with Gasteiger partial charge in [0.25, 0.3) is 0 Å². The minimum Gasteiger partial charge on any atom is -0.462 e. The van der Waals surface area contributed by atoms with Crippen LogP contribution in [-0.4, -0.2) is 17.6 Å². The Labute approximate surface area is 138 Å². The van der Waals surface area contributed by atoms with Gasteiger partial charge in [0.05, 0.1) is 34.3 Å². The standard InChI is InChI=1S/C18H14N2O2S/c19-9-3-4-10-22-18(21)14-12-16(17-8-5-11-23-17)20-15-7-2-1-6-13(14)15/h1-2,5-8,11-12H,3-4,10H2. The largest absolute Gasteiger partial charge is 0.462 e. The molecule has 0 radical (unpaired) electrons. The fourth-order valence-electron chi connectivity index (χ4n) is 2.29. The third-order valence-corrected chi connectivity index (χ3v) is 4.27. The average molecular weight is 322 g/mol. The summed E-state index contributed by atoms with van der Waals surface area (Å²) < 4.78 is 5.30. The van der Waals surface area contributed by atoms with Gasteiger partial charge in [-0.15, -0.1) is 11.3 Å². The van der Waals surface area contributed by atoms with Crippen LogP contribution in [0.15, 0.2) is 47.8 Å². The van der Waals surface area contributed by atoms with Crippen molar-refractivity contribution in [1.29, 1.82) is 5.26 Å². The van der Waals surface area contributed by atoms with Gasteiger partial charge in [0.15, 0.2) is 0 Å². The zero-order valence-corrected chi connectivity index (χ0v) is 13.2. The van der Waals surface area contributed by atoms with Gasteiger partial charge in [0.1, 0.15) is 0 Å². The van der Waals surface area contributed by atoms with Crippen molar-refractivity contribution in [2.75, 3.05) is 6.61 Å². The Morgan fingerprint density at radius 3 is 2.91 bits per heavy atom. The molecule has 0 N–H and O–H groups in total. The molecular weight excluding hydrogens is 308 g/mol. The maximum Gasteiger partial charge on any atom is 0.338 e. The van der Waals surface area contributed by atoms with Crippen molar-refractivity contribution in [1.82, 2.24) is 4.98 Å². The lowest BCUT2D eigenvalue weighted by Crippen LogP contribution is -2.08. The number of benzene rings is 1. The summed E-state index contributed by atoms with van der Waals surface area (Å²) >= 11 is 1.58. The van der Waals surface area contributed by atoms with Crippen LogP contribution in [0, 0.1) is 11.3 Å². The molecule has 5 heteroatoms. The van der Waals surface area contributed by atoms with E-state index < -0.39 is 0 Å². The Morgan fingerprint density at radius 2 is 2.13 bits per heavy atom. The number of rotatable bonds is 5. The van der Waals surface area contributed by atoms with Crippen molar-refractivity contribution in [3.63, 3.8) is 0 Å². The molecule has 0 aliphatic carbocycles. The van der Waals surface area contributed by atoms with Crippen molar-refractivity contribution >= 4 is 28.2 Å². The van der Waals surface area contributed by atoms with Gasteiger partial charge in [-0.05, 0) is 30.0 Å². The van der Waals surface area contributed by atoms with Crippen molar-refractivity contribution in [3.8, 4) is 16.6 Å². The number of aromatic nitrogens is 1.